The fourth-order valence-electron chi connectivity index (χ4n) is 3.73. The molecule has 208 valence electrons. The lowest BCUT2D eigenvalue weighted by Gasteiger charge is -2.32. The number of hydrogen-bond acceptors (Lipinski definition) is 4. The van der Waals surface area contributed by atoms with Gasteiger partial charge in [-0.05, 0) is 60.9 Å². The molecule has 11 heteroatoms. The number of sulfonamides is 1. The molecule has 0 spiro atoms. The molecule has 1 N–H and O–H groups in total. The first-order valence-corrected chi connectivity index (χ1v) is 14.4. The zero-order chi connectivity index (χ0) is 28.7. The third-order valence-electron chi connectivity index (χ3n) is 5.90. The zero-order valence-corrected chi connectivity index (χ0v) is 24.1. The van der Waals surface area contributed by atoms with Crippen LogP contribution in [-0.4, -0.2) is 44.3 Å². The van der Waals surface area contributed by atoms with E-state index in [4.69, 9.17) is 23.2 Å². The van der Waals surface area contributed by atoms with Gasteiger partial charge in [-0.1, -0.05) is 67.4 Å². The number of amides is 2. The van der Waals surface area contributed by atoms with Crippen molar-refractivity contribution in [3.05, 3.63) is 94.2 Å². The first-order valence-electron chi connectivity index (χ1n) is 12.2. The maximum absolute atomic E-state index is 13.8. The molecule has 0 radical (unpaired) electrons. The van der Waals surface area contributed by atoms with Gasteiger partial charge in [0, 0.05) is 18.1 Å². The number of nitrogens with zero attached hydrogens (tertiary/aromatic N) is 2. The van der Waals surface area contributed by atoms with E-state index in [1.165, 1.54) is 59.5 Å². The third kappa shape index (κ3) is 7.94. The van der Waals surface area contributed by atoms with Crippen LogP contribution in [0.25, 0.3) is 0 Å². The van der Waals surface area contributed by atoms with Crippen LogP contribution in [0.3, 0.4) is 0 Å². The predicted octanol–water partition coefficient (Wildman–Crippen LogP) is 5.52. The second-order valence-corrected chi connectivity index (χ2v) is 12.1. The highest BCUT2D eigenvalue weighted by Gasteiger charge is 2.33. The largest absolute Gasteiger partial charge is 0.354 e. The molecule has 2 amide bonds. The summed E-state index contributed by atoms with van der Waals surface area (Å²) in [7, 11) is -4.28. The van der Waals surface area contributed by atoms with Crippen LogP contribution in [0.5, 0.6) is 0 Å². The Hall–Kier alpha value is -3.14. The monoisotopic (exact) mass is 593 g/mol. The van der Waals surface area contributed by atoms with Crippen molar-refractivity contribution >= 4 is 50.7 Å². The number of carbonyl (C=O) groups excluding carboxylic acids is 2. The van der Waals surface area contributed by atoms with E-state index in [-0.39, 0.29) is 33.1 Å². The minimum atomic E-state index is -4.28. The van der Waals surface area contributed by atoms with E-state index in [1.807, 2.05) is 13.8 Å². The topological polar surface area (TPSA) is 86.8 Å². The van der Waals surface area contributed by atoms with E-state index >= 15 is 0 Å². The van der Waals surface area contributed by atoms with Crippen molar-refractivity contribution in [2.45, 2.75) is 38.3 Å². The standard InChI is InChI=1S/C28H30Cl2FN3O4S/c1-19(2)16-32-28(36)20(3)33(17-21-9-12-23(31)13-10-21)27(35)18-34(26-15-22(29)11-14-25(26)30)39(37,38)24-7-5-4-6-8-24/h4-15,19-20H,16-18H2,1-3H3,(H,32,36). The van der Waals surface area contributed by atoms with Crippen LogP contribution in [-0.2, 0) is 26.2 Å². The van der Waals surface area contributed by atoms with Gasteiger partial charge in [0.25, 0.3) is 10.0 Å². The molecule has 0 aliphatic heterocycles. The Balaban J connectivity index is 2.03. The molecular weight excluding hydrogens is 564 g/mol. The van der Waals surface area contributed by atoms with Gasteiger partial charge in [-0.2, -0.15) is 0 Å². The van der Waals surface area contributed by atoms with E-state index in [2.05, 4.69) is 5.32 Å². The lowest BCUT2D eigenvalue weighted by Crippen LogP contribution is -2.51. The summed E-state index contributed by atoms with van der Waals surface area (Å²) in [5, 5.41) is 3.10. The van der Waals surface area contributed by atoms with Gasteiger partial charge in [-0.25, -0.2) is 12.8 Å². The lowest BCUT2D eigenvalue weighted by molar-refractivity contribution is -0.139. The van der Waals surface area contributed by atoms with E-state index in [1.54, 1.807) is 25.1 Å². The van der Waals surface area contributed by atoms with Gasteiger partial charge in [-0.3, -0.25) is 13.9 Å². The predicted molar refractivity (Wildman–Crippen MR) is 152 cm³/mol. The molecule has 0 bridgehead atoms. The molecule has 3 rings (SSSR count). The van der Waals surface area contributed by atoms with Gasteiger partial charge < -0.3 is 10.2 Å². The average Bonchev–Trinajstić information content (AvgIpc) is 2.91. The van der Waals surface area contributed by atoms with E-state index < -0.39 is 40.2 Å². The summed E-state index contributed by atoms with van der Waals surface area (Å²) in [4.78, 5) is 28.0. The van der Waals surface area contributed by atoms with E-state index in [0.717, 1.165) is 4.31 Å². The minimum Gasteiger partial charge on any atom is -0.354 e. The van der Waals surface area contributed by atoms with Crippen LogP contribution in [0.2, 0.25) is 10.0 Å². The van der Waals surface area contributed by atoms with Crippen molar-refractivity contribution in [3.8, 4) is 0 Å². The summed E-state index contributed by atoms with van der Waals surface area (Å²) in [5.74, 6) is -1.34. The maximum atomic E-state index is 13.8. The minimum absolute atomic E-state index is 0.0139. The fraction of sp³-hybridized carbons (Fsp3) is 0.286. The summed E-state index contributed by atoms with van der Waals surface area (Å²) in [6.07, 6.45) is 0. The van der Waals surface area contributed by atoms with Crippen molar-refractivity contribution in [2.24, 2.45) is 5.92 Å². The van der Waals surface area contributed by atoms with Gasteiger partial charge in [0.1, 0.15) is 18.4 Å². The highest BCUT2D eigenvalue weighted by molar-refractivity contribution is 7.92. The molecule has 0 fully saturated rings. The Morgan fingerprint density at radius 1 is 0.949 bits per heavy atom. The lowest BCUT2D eigenvalue weighted by atomic mass is 10.1. The molecule has 1 unspecified atom stereocenters. The Kier molecular flexibility index (Phi) is 10.4. The molecule has 3 aromatic carbocycles. The van der Waals surface area contributed by atoms with Gasteiger partial charge in [0.2, 0.25) is 11.8 Å². The molecule has 0 aliphatic rings. The molecule has 0 saturated heterocycles. The highest BCUT2D eigenvalue weighted by atomic mass is 35.5. The summed E-state index contributed by atoms with van der Waals surface area (Å²) < 4.78 is 41.9. The quantitative estimate of drug-likeness (QED) is 0.317. The second kappa shape index (κ2) is 13.3. The molecule has 0 aromatic heterocycles. The van der Waals surface area contributed by atoms with Crippen LogP contribution in [0.1, 0.15) is 26.3 Å². The molecule has 1 atom stereocenters. The Morgan fingerprint density at radius 2 is 1.59 bits per heavy atom. The number of benzene rings is 3. The summed E-state index contributed by atoms with van der Waals surface area (Å²) in [5.41, 5.74) is 0.575. The van der Waals surface area contributed by atoms with Crippen molar-refractivity contribution in [1.29, 1.82) is 0 Å². The van der Waals surface area contributed by atoms with Crippen LogP contribution < -0.4 is 9.62 Å². The molecular formula is C28H30Cl2FN3O4S. The number of rotatable bonds is 11. The molecule has 39 heavy (non-hydrogen) atoms. The SMILES string of the molecule is CC(C)CNC(=O)C(C)N(Cc1ccc(F)cc1)C(=O)CN(c1cc(Cl)ccc1Cl)S(=O)(=O)c1ccccc1. The van der Waals surface area contributed by atoms with Crippen molar-refractivity contribution < 1.29 is 22.4 Å². The van der Waals surface area contributed by atoms with Crippen molar-refractivity contribution in [3.63, 3.8) is 0 Å². The first-order chi connectivity index (χ1) is 18.4. The fourth-order valence-corrected chi connectivity index (χ4v) is 5.61. The van der Waals surface area contributed by atoms with Crippen LogP contribution >= 0.6 is 23.2 Å². The average molecular weight is 595 g/mol. The Bertz CT molecular complexity index is 1400. The number of carbonyl (C=O) groups is 2. The smallest absolute Gasteiger partial charge is 0.264 e. The number of anilines is 1. The summed E-state index contributed by atoms with van der Waals surface area (Å²) in [6.45, 7) is 5.10. The van der Waals surface area contributed by atoms with E-state index in [0.29, 0.717) is 12.1 Å². The summed E-state index contributed by atoms with van der Waals surface area (Å²) >= 11 is 12.6. The second-order valence-electron chi connectivity index (χ2n) is 9.38. The normalized spacial score (nSPS) is 12.2. The summed E-state index contributed by atoms with van der Waals surface area (Å²) in [6, 6.07) is 16.5. The number of nitrogens with one attached hydrogen (secondary N) is 1. The van der Waals surface area contributed by atoms with Gasteiger partial charge >= 0.3 is 0 Å². The molecule has 0 saturated carbocycles. The van der Waals surface area contributed by atoms with Gasteiger partial charge in [0.15, 0.2) is 0 Å². The number of hydrogen-bond donors (Lipinski definition) is 1. The number of halogens is 3. The molecule has 3 aromatic rings. The molecule has 0 aliphatic carbocycles. The van der Waals surface area contributed by atoms with Crippen molar-refractivity contribution in [1.82, 2.24) is 10.2 Å². The van der Waals surface area contributed by atoms with Crippen molar-refractivity contribution in [2.75, 3.05) is 17.4 Å². The molecule has 7 nitrogen and oxygen atoms in total. The Morgan fingerprint density at radius 3 is 2.21 bits per heavy atom. The third-order valence-corrected chi connectivity index (χ3v) is 8.23. The molecule has 0 heterocycles. The highest BCUT2D eigenvalue weighted by Crippen LogP contribution is 2.33. The first kappa shape index (κ1) is 30.4. The zero-order valence-electron chi connectivity index (χ0n) is 21.8. The van der Waals surface area contributed by atoms with Crippen LogP contribution in [0.4, 0.5) is 10.1 Å². The van der Waals surface area contributed by atoms with Gasteiger partial charge in [0.05, 0.1) is 15.6 Å². The van der Waals surface area contributed by atoms with Crippen LogP contribution in [0, 0.1) is 11.7 Å². The van der Waals surface area contributed by atoms with Gasteiger partial charge in [-0.15, -0.1) is 0 Å². The van der Waals surface area contributed by atoms with E-state index in [9.17, 15) is 22.4 Å². The maximum Gasteiger partial charge on any atom is 0.264 e. The Labute approximate surface area is 238 Å². The van der Waals surface area contributed by atoms with Crippen LogP contribution in [0.15, 0.2) is 77.7 Å².